The van der Waals surface area contributed by atoms with Gasteiger partial charge in [-0.3, -0.25) is 0 Å². The van der Waals surface area contributed by atoms with Gasteiger partial charge in [0.2, 0.25) is 0 Å². The Labute approximate surface area is 103 Å². The zero-order valence-electron chi connectivity index (χ0n) is 10.2. The molecule has 0 rings (SSSR count). The van der Waals surface area contributed by atoms with Crippen LogP contribution in [0.1, 0.15) is 41.5 Å². The molecule has 1 radical (unpaired) electrons. The lowest BCUT2D eigenvalue weighted by Crippen LogP contribution is -2.74. The second-order valence-corrected chi connectivity index (χ2v) is 6.23. The van der Waals surface area contributed by atoms with Crippen LogP contribution in [-0.4, -0.2) is 12.8 Å². The maximum atomic E-state index is 4.21. The lowest BCUT2D eigenvalue weighted by molar-refractivity contribution is -0.474. The third-order valence-corrected chi connectivity index (χ3v) is 3.11. The molecule has 0 aromatic carbocycles. The Hall–Kier alpha value is 0.315. The highest BCUT2D eigenvalue weighted by Crippen LogP contribution is 2.41. The van der Waals surface area contributed by atoms with Crippen molar-refractivity contribution in [3.05, 3.63) is 0 Å². The van der Waals surface area contributed by atoms with Crippen LogP contribution < -0.4 is 5.73 Å². The normalized spacial score (nSPS) is 13.1. The molecule has 79 valence electrons. The summed E-state index contributed by atoms with van der Waals surface area (Å²) >= 11 is 2.09. The van der Waals surface area contributed by atoms with Crippen molar-refractivity contribution < 1.29 is 5.73 Å². The van der Waals surface area contributed by atoms with E-state index >= 15 is 0 Å². The highest BCUT2D eigenvalue weighted by molar-refractivity contribution is 14.1. The van der Waals surface area contributed by atoms with Gasteiger partial charge in [0.15, 0.2) is 0 Å². The van der Waals surface area contributed by atoms with Crippen molar-refractivity contribution in [2.45, 2.75) is 57.7 Å². The highest BCUT2D eigenvalue weighted by Gasteiger charge is 2.41. The maximum Gasteiger partial charge on any atom is 0.149 e. The fourth-order valence-electron chi connectivity index (χ4n) is 1.26. The van der Waals surface area contributed by atoms with Gasteiger partial charge in [-0.1, -0.05) is 33.6 Å². The molecule has 0 amide bonds. The van der Waals surface area contributed by atoms with E-state index in [0.29, 0.717) is 0 Å². The van der Waals surface area contributed by atoms with Crippen LogP contribution in [0, 0.1) is 9.85 Å². The topological polar surface area (TPSA) is 27.6 Å². The van der Waals surface area contributed by atoms with Crippen LogP contribution in [0.15, 0.2) is 0 Å². The van der Waals surface area contributed by atoms with Gasteiger partial charge in [0.25, 0.3) is 0 Å². The first-order valence-electron chi connectivity index (χ1n) is 4.87. The molecule has 0 aliphatic carbocycles. The Morgan fingerprint density at radius 1 is 1.07 bits per heavy atom. The van der Waals surface area contributed by atoms with Crippen molar-refractivity contribution in [3.8, 4) is 9.85 Å². The zero-order valence-corrected chi connectivity index (χ0v) is 12.3. The summed E-state index contributed by atoms with van der Waals surface area (Å²) in [5, 5.41) is 0.0383. The predicted octanol–water partition coefficient (Wildman–Crippen LogP) is 2.50. The van der Waals surface area contributed by atoms with E-state index in [4.69, 9.17) is 0 Å². The van der Waals surface area contributed by atoms with Gasteiger partial charge in [-0.05, 0) is 28.4 Å². The van der Waals surface area contributed by atoms with Crippen molar-refractivity contribution in [2.75, 3.05) is 0 Å². The second-order valence-electron chi connectivity index (χ2n) is 5.69. The van der Waals surface area contributed by atoms with Crippen molar-refractivity contribution >= 4 is 29.9 Å². The lowest BCUT2D eigenvalue weighted by Gasteiger charge is -2.38. The largest absolute Gasteiger partial charge is 0.353 e. The molecule has 3 heteroatoms. The molecule has 14 heavy (non-hydrogen) atoms. The van der Waals surface area contributed by atoms with E-state index in [9.17, 15) is 0 Å². The van der Waals surface area contributed by atoms with Crippen LogP contribution >= 0.6 is 22.6 Å². The van der Waals surface area contributed by atoms with Gasteiger partial charge in [-0.15, -0.1) is 0 Å². The number of quaternary nitrogens is 1. The van der Waals surface area contributed by atoms with E-state index < -0.39 is 0 Å². The van der Waals surface area contributed by atoms with Crippen LogP contribution in [0.2, 0.25) is 10.6 Å². The Morgan fingerprint density at radius 3 is 1.79 bits per heavy atom. The maximum absolute atomic E-state index is 4.21. The van der Waals surface area contributed by atoms with Gasteiger partial charge in [0, 0.05) is 22.6 Å². The molecule has 0 aromatic rings. The Kier molecular flexibility index (Phi) is 4.54. The summed E-state index contributed by atoms with van der Waals surface area (Å²) in [4.78, 5) is 0. The fraction of sp³-hybridized carbons (Fsp3) is 0.818. The molecule has 0 saturated heterocycles. The summed E-state index contributed by atoms with van der Waals surface area (Å²) in [6.45, 7) is 13.1. The summed E-state index contributed by atoms with van der Waals surface area (Å²) in [6, 6.07) is 0. The summed E-state index contributed by atoms with van der Waals surface area (Å²) in [7, 11) is 2.30. The molecule has 0 fully saturated rings. The standard InChI is InChI=1S/C11H20BIN/c1-9(2,7-8-13)12-10(3,4)11(5,6)14/h14H2,1-6H3/p+1. The molecule has 0 aromatic heterocycles. The fourth-order valence-corrected chi connectivity index (χ4v) is 1.95. The number of hydrogen-bond acceptors (Lipinski definition) is 0. The van der Waals surface area contributed by atoms with Crippen molar-refractivity contribution in [3.63, 3.8) is 0 Å². The zero-order chi connectivity index (χ0) is 11.6. The predicted molar refractivity (Wildman–Crippen MR) is 72.6 cm³/mol. The molecule has 0 aliphatic heterocycles. The summed E-state index contributed by atoms with van der Waals surface area (Å²) in [5.41, 5.74) is 4.23. The van der Waals surface area contributed by atoms with Gasteiger partial charge in [-0.25, -0.2) is 0 Å². The highest BCUT2D eigenvalue weighted by atomic mass is 127. The summed E-state index contributed by atoms with van der Waals surface area (Å²) in [5.74, 6) is 3.20. The molecule has 0 spiro atoms. The molecule has 0 unspecified atom stereocenters. The van der Waals surface area contributed by atoms with Crippen LogP contribution in [0.25, 0.3) is 0 Å². The van der Waals surface area contributed by atoms with E-state index in [-0.39, 0.29) is 16.2 Å². The summed E-state index contributed by atoms with van der Waals surface area (Å²) < 4.78 is 2.95. The molecule has 0 atom stereocenters. The minimum atomic E-state index is -0.0420. The Bertz CT molecular complexity index is 253. The third kappa shape index (κ3) is 4.23. The van der Waals surface area contributed by atoms with E-state index in [0.717, 1.165) is 0 Å². The molecule has 0 heterocycles. The Balaban J connectivity index is 4.73. The van der Waals surface area contributed by atoms with Gasteiger partial charge in [-0.2, -0.15) is 0 Å². The van der Waals surface area contributed by atoms with Crippen molar-refractivity contribution in [1.82, 2.24) is 0 Å². The first-order chi connectivity index (χ1) is 6.02. The molecule has 0 saturated carbocycles. The average Bonchev–Trinajstić information content (AvgIpc) is 1.80. The number of rotatable bonds is 3. The molecule has 0 bridgehead atoms. The smallest absolute Gasteiger partial charge is 0.149 e. The average molecular weight is 305 g/mol. The number of halogens is 1. The van der Waals surface area contributed by atoms with E-state index in [1.165, 1.54) is 0 Å². The van der Waals surface area contributed by atoms with E-state index in [1.807, 2.05) is 0 Å². The van der Waals surface area contributed by atoms with Crippen molar-refractivity contribution in [2.24, 2.45) is 0 Å². The first kappa shape index (κ1) is 14.3. The van der Waals surface area contributed by atoms with Crippen LogP contribution in [-0.2, 0) is 0 Å². The minimum Gasteiger partial charge on any atom is -0.353 e. The minimum absolute atomic E-state index is 0.0250. The SMILES string of the molecule is CC(C)([B]C(C)(C)C(C)(C)[NH3+])C#CI. The van der Waals surface area contributed by atoms with Gasteiger partial charge < -0.3 is 5.73 Å². The van der Waals surface area contributed by atoms with Gasteiger partial charge in [0.05, 0.1) is 5.54 Å². The Morgan fingerprint density at radius 2 is 1.50 bits per heavy atom. The van der Waals surface area contributed by atoms with Gasteiger partial charge >= 0.3 is 0 Å². The molecular weight excluding hydrogens is 284 g/mol. The molecule has 1 nitrogen and oxygen atoms in total. The molecule has 3 N–H and O–H groups in total. The monoisotopic (exact) mass is 305 g/mol. The van der Waals surface area contributed by atoms with Crippen LogP contribution in [0.5, 0.6) is 0 Å². The summed E-state index contributed by atoms with van der Waals surface area (Å²) in [6.07, 6.45) is 0. The molecular formula is C11H21BIN+. The quantitative estimate of drug-likeness (QED) is 0.471. The molecule has 0 aliphatic rings. The van der Waals surface area contributed by atoms with Crippen molar-refractivity contribution in [1.29, 1.82) is 0 Å². The second kappa shape index (κ2) is 4.44. The van der Waals surface area contributed by atoms with Crippen LogP contribution in [0.4, 0.5) is 0 Å². The van der Waals surface area contributed by atoms with Crippen LogP contribution in [0.3, 0.4) is 0 Å². The third-order valence-electron chi connectivity index (χ3n) is 2.84. The first-order valence-corrected chi connectivity index (χ1v) is 5.95. The number of hydrogen-bond donors (Lipinski definition) is 1. The lowest BCUT2D eigenvalue weighted by atomic mass is 9.37. The van der Waals surface area contributed by atoms with Gasteiger partial charge in [0.1, 0.15) is 7.28 Å². The van der Waals surface area contributed by atoms with E-state index in [2.05, 4.69) is 87.0 Å². The van der Waals surface area contributed by atoms with E-state index in [1.54, 1.807) is 0 Å².